The van der Waals surface area contributed by atoms with E-state index in [1.54, 1.807) is 19.3 Å². The zero-order valence-corrected chi connectivity index (χ0v) is 12.6. The van der Waals surface area contributed by atoms with Gasteiger partial charge in [0.15, 0.2) is 5.82 Å². The van der Waals surface area contributed by atoms with E-state index in [4.69, 9.17) is 4.74 Å². The summed E-state index contributed by atoms with van der Waals surface area (Å²) < 4.78 is 5.03. The van der Waals surface area contributed by atoms with Crippen molar-refractivity contribution in [2.75, 3.05) is 6.61 Å². The molecule has 0 aliphatic carbocycles. The molecule has 0 aliphatic rings. The number of hydrogen-bond acceptors (Lipinski definition) is 5. The first-order valence-electron chi connectivity index (χ1n) is 7.17. The van der Waals surface area contributed by atoms with Crippen LogP contribution in [0.2, 0.25) is 0 Å². The molecule has 0 atom stereocenters. The number of pyridine rings is 1. The minimum atomic E-state index is -0.369. The van der Waals surface area contributed by atoms with Crippen molar-refractivity contribution in [2.24, 2.45) is 0 Å². The molecule has 2 rings (SSSR count). The second-order valence-electron chi connectivity index (χ2n) is 4.51. The monoisotopic (exact) mass is 285 g/mol. The zero-order chi connectivity index (χ0) is 15.2. The molecule has 0 unspecified atom stereocenters. The molecule has 0 aliphatic heterocycles. The van der Waals surface area contributed by atoms with Crippen molar-refractivity contribution >= 4 is 5.97 Å². The summed E-state index contributed by atoms with van der Waals surface area (Å²) in [6, 6.07) is 1.90. The van der Waals surface area contributed by atoms with Gasteiger partial charge in [0, 0.05) is 24.2 Å². The number of carbonyl (C=O) groups excluding carboxylic acids is 1. The summed E-state index contributed by atoms with van der Waals surface area (Å²) in [5.74, 6) is 0.255. The first kappa shape index (κ1) is 15.1. The minimum absolute atomic E-state index is 0.341. The molecule has 0 amide bonds. The van der Waals surface area contributed by atoms with Crippen LogP contribution in [-0.2, 0) is 17.6 Å². The van der Waals surface area contributed by atoms with Gasteiger partial charge >= 0.3 is 5.97 Å². The van der Waals surface area contributed by atoms with Crippen LogP contribution < -0.4 is 0 Å². The van der Waals surface area contributed by atoms with Gasteiger partial charge in [-0.3, -0.25) is 4.98 Å². The largest absolute Gasteiger partial charge is 0.462 e. The van der Waals surface area contributed by atoms with Gasteiger partial charge in [-0.2, -0.15) is 0 Å². The van der Waals surface area contributed by atoms with Gasteiger partial charge in [0.1, 0.15) is 0 Å². The molecule has 0 N–H and O–H groups in total. The summed E-state index contributed by atoms with van der Waals surface area (Å²) in [4.78, 5) is 24.9. The third-order valence-electron chi connectivity index (χ3n) is 3.22. The lowest BCUT2D eigenvalue weighted by Crippen LogP contribution is -2.11. The molecule has 21 heavy (non-hydrogen) atoms. The SMILES string of the molecule is CCOC(=O)c1cnc(-c2ccncc2CC)nc1CC. The van der Waals surface area contributed by atoms with Crippen molar-refractivity contribution in [1.29, 1.82) is 0 Å². The van der Waals surface area contributed by atoms with E-state index in [1.165, 1.54) is 0 Å². The molecule has 0 fully saturated rings. The molecule has 0 saturated heterocycles. The fourth-order valence-electron chi connectivity index (χ4n) is 2.12. The Balaban J connectivity index is 2.46. The van der Waals surface area contributed by atoms with Crippen molar-refractivity contribution in [3.63, 3.8) is 0 Å². The minimum Gasteiger partial charge on any atom is -0.462 e. The van der Waals surface area contributed by atoms with Gasteiger partial charge < -0.3 is 4.74 Å². The molecule has 0 aromatic carbocycles. The number of nitrogens with zero attached hydrogens (tertiary/aromatic N) is 3. The topological polar surface area (TPSA) is 65.0 Å². The van der Waals surface area contributed by atoms with E-state index in [9.17, 15) is 4.79 Å². The molecule has 5 nitrogen and oxygen atoms in total. The lowest BCUT2D eigenvalue weighted by Gasteiger charge is -2.10. The molecule has 5 heteroatoms. The van der Waals surface area contributed by atoms with E-state index in [1.807, 2.05) is 19.2 Å². The summed E-state index contributed by atoms with van der Waals surface area (Å²) in [5, 5.41) is 0. The van der Waals surface area contributed by atoms with Crippen molar-refractivity contribution in [3.05, 3.63) is 41.5 Å². The van der Waals surface area contributed by atoms with Gasteiger partial charge in [-0.25, -0.2) is 14.8 Å². The Kier molecular flexibility index (Phi) is 4.98. The molecule has 0 bridgehead atoms. The summed E-state index contributed by atoms with van der Waals surface area (Å²) in [7, 11) is 0. The quantitative estimate of drug-likeness (QED) is 0.790. The zero-order valence-electron chi connectivity index (χ0n) is 12.6. The summed E-state index contributed by atoms with van der Waals surface area (Å²) in [5.41, 5.74) is 3.19. The summed E-state index contributed by atoms with van der Waals surface area (Å²) in [6.07, 6.45) is 6.61. The van der Waals surface area contributed by atoms with Gasteiger partial charge in [-0.15, -0.1) is 0 Å². The fraction of sp³-hybridized carbons (Fsp3) is 0.375. The lowest BCUT2D eigenvalue weighted by atomic mass is 10.1. The highest BCUT2D eigenvalue weighted by atomic mass is 16.5. The number of esters is 1. The maximum absolute atomic E-state index is 11.9. The Morgan fingerprint density at radius 3 is 2.67 bits per heavy atom. The number of aromatic nitrogens is 3. The first-order valence-corrected chi connectivity index (χ1v) is 7.17. The van der Waals surface area contributed by atoms with Crippen LogP contribution in [0.3, 0.4) is 0 Å². The van der Waals surface area contributed by atoms with Gasteiger partial charge in [0.2, 0.25) is 0 Å². The first-order chi connectivity index (χ1) is 10.2. The van der Waals surface area contributed by atoms with Crippen LogP contribution >= 0.6 is 0 Å². The van der Waals surface area contributed by atoms with Crippen LogP contribution in [0.15, 0.2) is 24.7 Å². The lowest BCUT2D eigenvalue weighted by molar-refractivity contribution is 0.0524. The predicted molar refractivity (Wildman–Crippen MR) is 80.0 cm³/mol. The van der Waals surface area contributed by atoms with E-state index < -0.39 is 0 Å². The number of rotatable bonds is 5. The molecule has 2 aromatic rings. The molecular formula is C16H19N3O2. The highest BCUT2D eigenvalue weighted by Crippen LogP contribution is 2.21. The second-order valence-corrected chi connectivity index (χ2v) is 4.51. The van der Waals surface area contributed by atoms with Gasteiger partial charge in [-0.1, -0.05) is 13.8 Å². The molecule has 2 aromatic heterocycles. The highest BCUT2D eigenvalue weighted by molar-refractivity contribution is 5.90. The number of aryl methyl sites for hydroxylation is 2. The normalized spacial score (nSPS) is 10.4. The molecule has 0 spiro atoms. The summed E-state index contributed by atoms with van der Waals surface area (Å²) >= 11 is 0. The highest BCUT2D eigenvalue weighted by Gasteiger charge is 2.16. The van der Waals surface area contributed by atoms with Crippen molar-refractivity contribution < 1.29 is 9.53 Å². The molecule has 0 saturated carbocycles. The van der Waals surface area contributed by atoms with Crippen molar-refractivity contribution in [1.82, 2.24) is 15.0 Å². The molecule has 2 heterocycles. The number of hydrogen-bond donors (Lipinski definition) is 0. The number of ether oxygens (including phenoxy) is 1. The van der Waals surface area contributed by atoms with Crippen LogP contribution in [0.5, 0.6) is 0 Å². The van der Waals surface area contributed by atoms with Gasteiger partial charge in [0.05, 0.1) is 17.9 Å². The Labute approximate surface area is 124 Å². The maximum atomic E-state index is 11.9. The Bertz CT molecular complexity index is 641. The van der Waals surface area contributed by atoms with Crippen LogP contribution in [0.4, 0.5) is 0 Å². The van der Waals surface area contributed by atoms with Crippen LogP contribution in [-0.4, -0.2) is 27.5 Å². The van der Waals surface area contributed by atoms with E-state index >= 15 is 0 Å². The number of carbonyl (C=O) groups is 1. The van der Waals surface area contributed by atoms with Crippen LogP contribution in [0, 0.1) is 0 Å². The second kappa shape index (κ2) is 6.92. The Morgan fingerprint density at radius 2 is 2.00 bits per heavy atom. The molecule has 110 valence electrons. The molecule has 0 radical (unpaired) electrons. The van der Waals surface area contributed by atoms with Gasteiger partial charge in [0.25, 0.3) is 0 Å². The molecular weight excluding hydrogens is 266 g/mol. The van der Waals surface area contributed by atoms with E-state index in [0.29, 0.717) is 30.1 Å². The fourth-order valence-corrected chi connectivity index (χ4v) is 2.12. The van der Waals surface area contributed by atoms with Crippen LogP contribution in [0.25, 0.3) is 11.4 Å². The van der Waals surface area contributed by atoms with E-state index in [0.717, 1.165) is 17.5 Å². The average molecular weight is 285 g/mol. The maximum Gasteiger partial charge on any atom is 0.341 e. The average Bonchev–Trinajstić information content (AvgIpc) is 2.54. The Hall–Kier alpha value is -2.30. The summed E-state index contributed by atoms with van der Waals surface area (Å²) in [6.45, 7) is 6.15. The van der Waals surface area contributed by atoms with E-state index in [2.05, 4.69) is 21.9 Å². The Morgan fingerprint density at radius 1 is 1.19 bits per heavy atom. The van der Waals surface area contributed by atoms with Crippen LogP contribution in [0.1, 0.15) is 42.4 Å². The predicted octanol–water partition coefficient (Wildman–Crippen LogP) is 2.84. The third-order valence-corrected chi connectivity index (χ3v) is 3.22. The smallest absolute Gasteiger partial charge is 0.341 e. The van der Waals surface area contributed by atoms with Crippen molar-refractivity contribution in [2.45, 2.75) is 33.6 Å². The third kappa shape index (κ3) is 3.24. The standard InChI is InChI=1S/C16H19N3O2/c1-4-11-9-17-8-7-12(11)15-18-10-13(14(5-2)19-15)16(20)21-6-3/h7-10H,4-6H2,1-3H3. The van der Waals surface area contributed by atoms with Gasteiger partial charge in [-0.05, 0) is 31.4 Å². The van der Waals surface area contributed by atoms with Crippen molar-refractivity contribution in [3.8, 4) is 11.4 Å². The van der Waals surface area contributed by atoms with E-state index in [-0.39, 0.29) is 5.97 Å².